The lowest BCUT2D eigenvalue weighted by molar-refractivity contribution is 0.0730. The van der Waals surface area contributed by atoms with Crippen molar-refractivity contribution in [3.8, 4) is 17.2 Å². The fourth-order valence-corrected chi connectivity index (χ4v) is 3.87. The molecule has 5 nitrogen and oxygen atoms in total. The highest BCUT2D eigenvalue weighted by atomic mass is 16.5. The summed E-state index contributed by atoms with van der Waals surface area (Å²) in [4.78, 5) is 15.6. The first-order valence-electron chi connectivity index (χ1n) is 11.5. The van der Waals surface area contributed by atoms with Gasteiger partial charge < -0.3 is 19.1 Å². The minimum Gasteiger partial charge on any atom is -0.497 e. The van der Waals surface area contributed by atoms with Crippen molar-refractivity contribution in [2.45, 2.75) is 19.7 Å². The molecule has 0 aromatic heterocycles. The van der Waals surface area contributed by atoms with Gasteiger partial charge in [-0.25, -0.2) is 0 Å². The molecule has 0 N–H and O–H groups in total. The van der Waals surface area contributed by atoms with Gasteiger partial charge in [-0.05, 0) is 41.5 Å². The summed E-state index contributed by atoms with van der Waals surface area (Å²) in [6, 6.07) is 32.9. The molecule has 0 spiro atoms. The van der Waals surface area contributed by atoms with Crippen LogP contribution in [-0.2, 0) is 19.7 Å². The van der Waals surface area contributed by atoms with Crippen LogP contribution < -0.4 is 14.2 Å². The molecule has 178 valence electrons. The van der Waals surface area contributed by atoms with Crippen LogP contribution in [0.5, 0.6) is 17.2 Å². The van der Waals surface area contributed by atoms with Crippen molar-refractivity contribution in [1.82, 2.24) is 4.90 Å². The highest BCUT2D eigenvalue weighted by Gasteiger charge is 2.19. The van der Waals surface area contributed by atoms with E-state index in [9.17, 15) is 4.79 Å². The lowest BCUT2D eigenvalue weighted by Crippen LogP contribution is -2.30. The quantitative estimate of drug-likeness (QED) is 0.282. The largest absolute Gasteiger partial charge is 0.497 e. The summed E-state index contributed by atoms with van der Waals surface area (Å²) >= 11 is 0. The molecule has 1 amide bonds. The number of carbonyl (C=O) groups is 1. The number of carbonyl (C=O) groups excluding carboxylic acids is 1. The minimum absolute atomic E-state index is 0.0528. The van der Waals surface area contributed by atoms with E-state index in [1.807, 2.05) is 102 Å². The number of hydrogen-bond donors (Lipinski definition) is 0. The predicted molar refractivity (Wildman–Crippen MR) is 137 cm³/mol. The summed E-state index contributed by atoms with van der Waals surface area (Å²) in [5.41, 5.74) is 3.53. The van der Waals surface area contributed by atoms with Crippen LogP contribution in [-0.4, -0.2) is 25.0 Å². The Hall–Kier alpha value is -4.25. The van der Waals surface area contributed by atoms with Crippen LogP contribution >= 0.6 is 0 Å². The van der Waals surface area contributed by atoms with Crippen molar-refractivity contribution in [3.63, 3.8) is 0 Å². The number of hydrogen-bond acceptors (Lipinski definition) is 4. The van der Waals surface area contributed by atoms with Gasteiger partial charge >= 0.3 is 0 Å². The summed E-state index contributed by atoms with van der Waals surface area (Å²) < 4.78 is 16.8. The Labute approximate surface area is 206 Å². The maximum absolute atomic E-state index is 13.7. The first-order chi connectivity index (χ1) is 17.2. The molecule has 0 radical (unpaired) electrons. The van der Waals surface area contributed by atoms with Gasteiger partial charge in [-0.15, -0.1) is 0 Å². The molecule has 0 aliphatic carbocycles. The fourth-order valence-electron chi connectivity index (χ4n) is 3.87. The molecular formula is C30H29NO4. The van der Waals surface area contributed by atoms with Crippen LogP contribution in [0, 0.1) is 0 Å². The van der Waals surface area contributed by atoms with Gasteiger partial charge in [0.1, 0.15) is 23.9 Å². The highest BCUT2D eigenvalue weighted by molar-refractivity contribution is 5.94. The molecule has 0 unspecified atom stereocenters. The molecule has 0 atom stereocenters. The van der Waals surface area contributed by atoms with E-state index in [4.69, 9.17) is 14.2 Å². The lowest BCUT2D eigenvalue weighted by atomic mass is 10.1. The smallest absolute Gasteiger partial charge is 0.254 e. The summed E-state index contributed by atoms with van der Waals surface area (Å²) in [5, 5.41) is 0. The van der Waals surface area contributed by atoms with Gasteiger partial charge in [-0.2, -0.15) is 0 Å². The van der Waals surface area contributed by atoms with Crippen LogP contribution in [0.2, 0.25) is 0 Å². The molecule has 0 aliphatic rings. The fraction of sp³-hybridized carbons (Fsp3) is 0.167. The zero-order chi connectivity index (χ0) is 24.5. The minimum atomic E-state index is -0.0528. The maximum atomic E-state index is 13.7. The lowest BCUT2D eigenvalue weighted by Gasteiger charge is -2.24. The summed E-state index contributed by atoms with van der Waals surface area (Å²) in [7, 11) is 3.23. The zero-order valence-corrected chi connectivity index (χ0v) is 20.0. The molecule has 4 rings (SSSR count). The Balaban J connectivity index is 1.58. The average molecular weight is 468 g/mol. The Kier molecular flexibility index (Phi) is 8.02. The molecule has 0 saturated heterocycles. The van der Waals surface area contributed by atoms with E-state index in [1.54, 1.807) is 20.3 Å². The zero-order valence-electron chi connectivity index (χ0n) is 20.0. The Morgan fingerprint density at radius 3 is 1.91 bits per heavy atom. The van der Waals surface area contributed by atoms with Crippen LogP contribution in [0.4, 0.5) is 0 Å². The van der Waals surface area contributed by atoms with Crippen molar-refractivity contribution >= 4 is 5.91 Å². The number of nitrogens with zero attached hydrogens (tertiary/aromatic N) is 1. The number of methoxy groups -OCH3 is 2. The van der Waals surface area contributed by atoms with E-state index in [2.05, 4.69) is 0 Å². The van der Waals surface area contributed by atoms with Crippen molar-refractivity contribution in [2.24, 2.45) is 0 Å². The average Bonchev–Trinajstić information content (AvgIpc) is 2.92. The SMILES string of the molecule is COc1cccc(OCc2cc(C(=O)N(Cc3ccccc3)Cc3ccccc3)ccc2OC)c1. The van der Waals surface area contributed by atoms with Gasteiger partial charge in [0.25, 0.3) is 5.91 Å². The monoisotopic (exact) mass is 467 g/mol. The highest BCUT2D eigenvalue weighted by Crippen LogP contribution is 2.25. The van der Waals surface area contributed by atoms with E-state index in [-0.39, 0.29) is 12.5 Å². The van der Waals surface area contributed by atoms with E-state index in [0.29, 0.717) is 30.2 Å². The van der Waals surface area contributed by atoms with Gasteiger partial charge in [0.2, 0.25) is 0 Å². The first kappa shape index (κ1) is 23.9. The summed E-state index contributed by atoms with van der Waals surface area (Å²) in [6.45, 7) is 1.28. The normalized spacial score (nSPS) is 10.5. The number of ether oxygens (including phenoxy) is 3. The Bertz CT molecular complexity index is 1200. The van der Waals surface area contributed by atoms with Crippen molar-refractivity contribution in [2.75, 3.05) is 14.2 Å². The second-order valence-corrected chi connectivity index (χ2v) is 8.13. The third-order valence-electron chi connectivity index (χ3n) is 5.68. The first-order valence-corrected chi connectivity index (χ1v) is 11.5. The summed E-state index contributed by atoms with van der Waals surface area (Å²) in [5.74, 6) is 2.01. The molecule has 4 aromatic rings. The molecule has 0 saturated carbocycles. The van der Waals surface area contributed by atoms with Gasteiger partial charge in [0.05, 0.1) is 14.2 Å². The van der Waals surface area contributed by atoms with Crippen LogP contribution in [0.15, 0.2) is 103 Å². The number of amides is 1. The van der Waals surface area contributed by atoms with Gasteiger partial charge in [0, 0.05) is 30.3 Å². The Morgan fingerprint density at radius 2 is 1.31 bits per heavy atom. The topological polar surface area (TPSA) is 48.0 Å². The molecule has 0 fully saturated rings. The van der Waals surface area contributed by atoms with Crippen molar-refractivity contribution in [1.29, 1.82) is 0 Å². The second-order valence-electron chi connectivity index (χ2n) is 8.13. The molecule has 0 bridgehead atoms. The second kappa shape index (κ2) is 11.7. The van der Waals surface area contributed by atoms with Crippen molar-refractivity contribution < 1.29 is 19.0 Å². The van der Waals surface area contributed by atoms with E-state index in [1.165, 1.54) is 0 Å². The third kappa shape index (κ3) is 6.42. The molecule has 35 heavy (non-hydrogen) atoms. The molecule has 5 heteroatoms. The summed E-state index contributed by atoms with van der Waals surface area (Å²) in [6.07, 6.45) is 0. The molecule has 0 heterocycles. The van der Waals surface area contributed by atoms with E-state index in [0.717, 1.165) is 22.4 Å². The number of benzene rings is 4. The predicted octanol–water partition coefficient (Wildman–Crippen LogP) is 6.13. The van der Waals surface area contributed by atoms with Gasteiger partial charge in [-0.3, -0.25) is 4.79 Å². The molecule has 4 aromatic carbocycles. The number of rotatable bonds is 10. The maximum Gasteiger partial charge on any atom is 0.254 e. The van der Waals surface area contributed by atoms with Gasteiger partial charge in [0.15, 0.2) is 0 Å². The molecule has 0 aliphatic heterocycles. The van der Waals surface area contributed by atoms with Crippen LogP contribution in [0.1, 0.15) is 27.0 Å². The standard InChI is InChI=1S/C30H29NO4/c1-33-27-14-9-15-28(19-27)35-22-26-18-25(16-17-29(26)34-2)30(32)31(20-23-10-5-3-6-11-23)21-24-12-7-4-8-13-24/h3-19H,20-22H2,1-2H3. The Morgan fingerprint density at radius 1 is 0.686 bits per heavy atom. The van der Waals surface area contributed by atoms with E-state index < -0.39 is 0 Å². The van der Waals surface area contributed by atoms with E-state index >= 15 is 0 Å². The third-order valence-corrected chi connectivity index (χ3v) is 5.68. The van der Waals surface area contributed by atoms with Crippen molar-refractivity contribution in [3.05, 3.63) is 125 Å². The van der Waals surface area contributed by atoms with Crippen LogP contribution in [0.25, 0.3) is 0 Å². The molecular weight excluding hydrogens is 438 g/mol. The van der Waals surface area contributed by atoms with Crippen LogP contribution in [0.3, 0.4) is 0 Å². The van der Waals surface area contributed by atoms with Gasteiger partial charge in [-0.1, -0.05) is 66.7 Å².